The van der Waals surface area contributed by atoms with E-state index in [2.05, 4.69) is 0 Å². The van der Waals surface area contributed by atoms with Gasteiger partial charge in [-0.15, -0.1) is 0 Å². The molecule has 0 bridgehead atoms. The van der Waals surface area contributed by atoms with E-state index in [0.29, 0.717) is 13.0 Å². The summed E-state index contributed by atoms with van der Waals surface area (Å²) in [7, 11) is 3.31. The van der Waals surface area contributed by atoms with Gasteiger partial charge in [-0.2, -0.15) is 0 Å². The van der Waals surface area contributed by atoms with E-state index in [9.17, 15) is 4.79 Å². The topological polar surface area (TPSA) is 38.8 Å². The molecule has 4 nitrogen and oxygen atoms in total. The van der Waals surface area contributed by atoms with Crippen molar-refractivity contribution >= 4 is 5.91 Å². The van der Waals surface area contributed by atoms with E-state index >= 15 is 0 Å². The van der Waals surface area contributed by atoms with Gasteiger partial charge in [0.15, 0.2) is 0 Å². The lowest BCUT2D eigenvalue weighted by Gasteiger charge is -2.26. The first-order valence-electron chi connectivity index (χ1n) is 7.78. The van der Waals surface area contributed by atoms with Crippen LogP contribution in [-0.2, 0) is 11.3 Å². The van der Waals surface area contributed by atoms with E-state index in [-0.39, 0.29) is 11.9 Å². The van der Waals surface area contributed by atoms with Crippen molar-refractivity contribution in [2.75, 3.05) is 14.2 Å². The summed E-state index contributed by atoms with van der Waals surface area (Å²) in [5.41, 5.74) is 2.18. The Balaban J connectivity index is 1.84. The fourth-order valence-corrected chi connectivity index (χ4v) is 3.12. The van der Waals surface area contributed by atoms with Crippen molar-refractivity contribution < 1.29 is 14.3 Å². The Bertz CT molecular complexity index is 681. The number of amides is 1. The molecule has 0 spiro atoms. The smallest absolute Gasteiger partial charge is 0.223 e. The standard InChI is InChI=1S/C19H21NO3/c1-22-16-9-7-14(8-10-16)17-11-12-19(21)20(17)13-15-5-3-4-6-18(15)23-2/h3-10,17H,11-13H2,1-2H3. The normalized spacial score (nSPS) is 17.4. The highest BCUT2D eigenvalue weighted by molar-refractivity contribution is 5.79. The van der Waals surface area contributed by atoms with E-state index in [4.69, 9.17) is 9.47 Å². The Morgan fingerprint density at radius 1 is 1.04 bits per heavy atom. The predicted molar refractivity (Wildman–Crippen MR) is 88.5 cm³/mol. The van der Waals surface area contributed by atoms with E-state index in [1.54, 1.807) is 14.2 Å². The van der Waals surface area contributed by atoms with Gasteiger partial charge in [-0.25, -0.2) is 0 Å². The number of ether oxygens (including phenoxy) is 2. The Hall–Kier alpha value is -2.49. The highest BCUT2D eigenvalue weighted by Gasteiger charge is 2.32. The lowest BCUT2D eigenvalue weighted by atomic mass is 10.0. The van der Waals surface area contributed by atoms with Crippen LogP contribution >= 0.6 is 0 Å². The van der Waals surface area contributed by atoms with Gasteiger partial charge in [0.05, 0.1) is 20.3 Å². The zero-order valence-electron chi connectivity index (χ0n) is 13.5. The van der Waals surface area contributed by atoms with Crippen LogP contribution in [0.25, 0.3) is 0 Å². The number of benzene rings is 2. The van der Waals surface area contributed by atoms with Gasteiger partial charge in [0, 0.05) is 18.5 Å². The van der Waals surface area contributed by atoms with Crippen molar-refractivity contribution in [1.29, 1.82) is 0 Å². The van der Waals surface area contributed by atoms with Gasteiger partial charge < -0.3 is 14.4 Å². The summed E-state index contributed by atoms with van der Waals surface area (Å²) in [6, 6.07) is 15.9. The molecule has 0 saturated carbocycles. The van der Waals surface area contributed by atoms with Crippen LogP contribution in [0.1, 0.15) is 30.0 Å². The molecule has 1 aliphatic heterocycles. The molecule has 0 aliphatic carbocycles. The van der Waals surface area contributed by atoms with E-state index in [1.165, 1.54) is 0 Å². The van der Waals surface area contributed by atoms with Crippen LogP contribution in [0.2, 0.25) is 0 Å². The second-order valence-electron chi connectivity index (χ2n) is 5.66. The lowest BCUT2D eigenvalue weighted by Crippen LogP contribution is -2.27. The Morgan fingerprint density at radius 2 is 1.78 bits per heavy atom. The molecular weight excluding hydrogens is 290 g/mol. The van der Waals surface area contributed by atoms with Crippen LogP contribution in [0.5, 0.6) is 11.5 Å². The molecule has 3 rings (SSSR count). The number of hydrogen-bond donors (Lipinski definition) is 0. The molecule has 0 aromatic heterocycles. The fraction of sp³-hybridized carbons (Fsp3) is 0.316. The number of carbonyl (C=O) groups excluding carboxylic acids is 1. The Kier molecular flexibility index (Phi) is 4.51. The van der Waals surface area contributed by atoms with E-state index in [0.717, 1.165) is 29.0 Å². The second-order valence-corrected chi connectivity index (χ2v) is 5.66. The van der Waals surface area contributed by atoms with Crippen LogP contribution in [0, 0.1) is 0 Å². The lowest BCUT2D eigenvalue weighted by molar-refractivity contribution is -0.129. The third-order valence-corrected chi connectivity index (χ3v) is 4.36. The van der Waals surface area contributed by atoms with Crippen molar-refractivity contribution in [2.24, 2.45) is 0 Å². The molecule has 2 aromatic rings. The number of carbonyl (C=O) groups is 1. The number of rotatable bonds is 5. The Morgan fingerprint density at radius 3 is 2.48 bits per heavy atom. The minimum Gasteiger partial charge on any atom is -0.497 e. The van der Waals surface area contributed by atoms with Crippen LogP contribution in [0.3, 0.4) is 0 Å². The van der Waals surface area contributed by atoms with Crippen LogP contribution in [0.4, 0.5) is 0 Å². The summed E-state index contributed by atoms with van der Waals surface area (Å²) in [5.74, 6) is 1.84. The van der Waals surface area contributed by atoms with Gasteiger partial charge in [-0.1, -0.05) is 30.3 Å². The van der Waals surface area contributed by atoms with Crippen LogP contribution in [-0.4, -0.2) is 25.0 Å². The molecule has 0 N–H and O–H groups in total. The SMILES string of the molecule is COc1ccc(C2CCC(=O)N2Cc2ccccc2OC)cc1. The number of para-hydroxylation sites is 1. The summed E-state index contributed by atoms with van der Waals surface area (Å²) in [5, 5.41) is 0. The summed E-state index contributed by atoms with van der Waals surface area (Å²) in [4.78, 5) is 14.3. The van der Waals surface area contributed by atoms with Crippen molar-refractivity contribution in [3.63, 3.8) is 0 Å². The first-order valence-corrected chi connectivity index (χ1v) is 7.78. The molecule has 1 amide bonds. The third-order valence-electron chi connectivity index (χ3n) is 4.36. The van der Waals surface area contributed by atoms with Gasteiger partial charge in [-0.3, -0.25) is 4.79 Å². The number of methoxy groups -OCH3 is 2. The predicted octanol–water partition coefficient (Wildman–Crippen LogP) is 3.57. The molecule has 2 aromatic carbocycles. The van der Waals surface area contributed by atoms with Gasteiger partial charge in [0.2, 0.25) is 5.91 Å². The van der Waals surface area contributed by atoms with Crippen molar-refractivity contribution in [3.05, 3.63) is 59.7 Å². The number of likely N-dealkylation sites (tertiary alicyclic amines) is 1. The Labute approximate surface area is 136 Å². The van der Waals surface area contributed by atoms with Crippen molar-refractivity contribution in [1.82, 2.24) is 4.90 Å². The first-order chi connectivity index (χ1) is 11.2. The zero-order valence-corrected chi connectivity index (χ0v) is 13.5. The first kappa shape index (κ1) is 15.4. The summed E-state index contributed by atoms with van der Waals surface area (Å²) < 4.78 is 10.6. The number of nitrogens with zero attached hydrogens (tertiary/aromatic N) is 1. The summed E-state index contributed by atoms with van der Waals surface area (Å²) >= 11 is 0. The fourth-order valence-electron chi connectivity index (χ4n) is 3.12. The molecule has 1 heterocycles. The molecule has 120 valence electrons. The maximum Gasteiger partial charge on any atom is 0.223 e. The summed E-state index contributed by atoms with van der Waals surface area (Å²) in [6.45, 7) is 0.569. The molecular formula is C19H21NO3. The van der Waals surface area contributed by atoms with Gasteiger partial charge in [-0.05, 0) is 30.2 Å². The average Bonchev–Trinajstić information content (AvgIpc) is 2.96. The maximum atomic E-state index is 12.3. The highest BCUT2D eigenvalue weighted by atomic mass is 16.5. The molecule has 1 unspecified atom stereocenters. The van der Waals surface area contributed by atoms with Gasteiger partial charge in [0.1, 0.15) is 11.5 Å². The average molecular weight is 311 g/mol. The van der Waals surface area contributed by atoms with Gasteiger partial charge >= 0.3 is 0 Å². The van der Waals surface area contributed by atoms with Crippen LogP contribution in [0.15, 0.2) is 48.5 Å². The maximum absolute atomic E-state index is 12.3. The zero-order chi connectivity index (χ0) is 16.2. The second kappa shape index (κ2) is 6.73. The monoisotopic (exact) mass is 311 g/mol. The molecule has 4 heteroatoms. The van der Waals surface area contributed by atoms with E-state index < -0.39 is 0 Å². The van der Waals surface area contributed by atoms with Crippen molar-refractivity contribution in [3.8, 4) is 11.5 Å². The van der Waals surface area contributed by atoms with Gasteiger partial charge in [0.25, 0.3) is 0 Å². The minimum absolute atomic E-state index is 0.110. The molecule has 1 saturated heterocycles. The molecule has 1 atom stereocenters. The third kappa shape index (κ3) is 3.16. The largest absolute Gasteiger partial charge is 0.497 e. The molecule has 23 heavy (non-hydrogen) atoms. The molecule has 0 radical (unpaired) electrons. The van der Waals surface area contributed by atoms with Crippen molar-refractivity contribution in [2.45, 2.75) is 25.4 Å². The quantitative estimate of drug-likeness (QED) is 0.847. The summed E-state index contributed by atoms with van der Waals surface area (Å²) in [6.07, 6.45) is 1.44. The minimum atomic E-state index is 0.110. The molecule has 1 aliphatic rings. The highest BCUT2D eigenvalue weighted by Crippen LogP contribution is 2.35. The molecule has 1 fully saturated rings. The van der Waals surface area contributed by atoms with Crippen LogP contribution < -0.4 is 9.47 Å². The number of hydrogen-bond acceptors (Lipinski definition) is 3. The van der Waals surface area contributed by atoms with E-state index in [1.807, 2.05) is 53.4 Å².